The van der Waals surface area contributed by atoms with Crippen molar-refractivity contribution in [3.8, 4) is 5.75 Å². The predicted octanol–water partition coefficient (Wildman–Crippen LogP) is 3.45. The van der Waals surface area contributed by atoms with E-state index in [2.05, 4.69) is 17.6 Å². The monoisotopic (exact) mass is 551 g/mol. The van der Waals surface area contributed by atoms with Gasteiger partial charge in [-0.15, -0.1) is 11.8 Å². The molecule has 5 rings (SSSR count). The van der Waals surface area contributed by atoms with Crippen LogP contribution in [0.3, 0.4) is 0 Å². The topological polar surface area (TPSA) is 108 Å². The Hall–Kier alpha value is -3.04. The molecule has 3 N–H and O–H groups in total. The van der Waals surface area contributed by atoms with Crippen LogP contribution in [0.5, 0.6) is 5.75 Å². The number of ether oxygens (including phenoxy) is 1. The minimum absolute atomic E-state index is 0.0754. The highest BCUT2D eigenvalue weighted by Gasteiger charge is 2.77. The van der Waals surface area contributed by atoms with Crippen molar-refractivity contribution in [2.24, 2.45) is 17.8 Å². The van der Waals surface area contributed by atoms with Crippen LogP contribution in [0, 0.1) is 17.8 Å². The van der Waals surface area contributed by atoms with E-state index in [9.17, 15) is 19.5 Å². The van der Waals surface area contributed by atoms with Crippen LogP contribution < -0.4 is 15.4 Å². The lowest BCUT2D eigenvalue weighted by Crippen LogP contribution is -2.56. The van der Waals surface area contributed by atoms with Crippen molar-refractivity contribution in [3.05, 3.63) is 60.2 Å². The van der Waals surface area contributed by atoms with Gasteiger partial charge in [0, 0.05) is 17.0 Å². The molecule has 0 radical (unpaired) electrons. The van der Waals surface area contributed by atoms with Gasteiger partial charge in [0.15, 0.2) is 0 Å². The van der Waals surface area contributed by atoms with Gasteiger partial charge in [0.25, 0.3) is 0 Å². The van der Waals surface area contributed by atoms with E-state index in [4.69, 9.17) is 4.74 Å². The molecule has 3 amide bonds. The molecule has 2 aromatic carbocycles. The number of thioether (sulfide) groups is 1. The number of methoxy groups -OCH3 is 1. The van der Waals surface area contributed by atoms with E-state index in [-0.39, 0.29) is 30.2 Å². The first-order valence-corrected chi connectivity index (χ1v) is 14.4. The van der Waals surface area contributed by atoms with Gasteiger partial charge in [-0.3, -0.25) is 14.4 Å². The second-order valence-corrected chi connectivity index (χ2v) is 13.3. The Morgan fingerprint density at radius 1 is 1.10 bits per heavy atom. The molecule has 8 nitrogen and oxygen atoms in total. The van der Waals surface area contributed by atoms with E-state index >= 15 is 0 Å². The van der Waals surface area contributed by atoms with Gasteiger partial charge in [-0.1, -0.05) is 44.2 Å². The van der Waals surface area contributed by atoms with Crippen LogP contribution in [-0.2, 0) is 20.9 Å². The molecule has 3 aliphatic rings. The van der Waals surface area contributed by atoms with E-state index in [0.717, 1.165) is 12.0 Å². The third kappa shape index (κ3) is 4.59. The molecular weight excluding hydrogens is 514 g/mol. The van der Waals surface area contributed by atoms with E-state index in [1.165, 1.54) is 0 Å². The summed E-state index contributed by atoms with van der Waals surface area (Å²) in [5, 5.41) is 16.4. The molecule has 1 spiro atoms. The normalized spacial score (nSPS) is 29.8. The summed E-state index contributed by atoms with van der Waals surface area (Å²) in [4.78, 5) is 43.7. The van der Waals surface area contributed by atoms with Crippen LogP contribution >= 0.6 is 11.8 Å². The van der Waals surface area contributed by atoms with Gasteiger partial charge in [0.05, 0.1) is 36.3 Å². The zero-order valence-electron chi connectivity index (χ0n) is 22.8. The summed E-state index contributed by atoms with van der Waals surface area (Å²) in [5.41, 5.74) is 1.58. The summed E-state index contributed by atoms with van der Waals surface area (Å²) in [6.07, 6.45) is 1.39. The highest BCUT2D eigenvalue weighted by atomic mass is 32.2. The molecule has 0 aliphatic carbocycles. The fourth-order valence-corrected chi connectivity index (χ4v) is 9.16. The van der Waals surface area contributed by atoms with E-state index < -0.39 is 33.4 Å². The van der Waals surface area contributed by atoms with E-state index in [1.54, 1.807) is 48.0 Å². The summed E-state index contributed by atoms with van der Waals surface area (Å²) in [6, 6.07) is 15.4. The lowest BCUT2D eigenvalue weighted by Gasteiger charge is -2.38. The van der Waals surface area contributed by atoms with Gasteiger partial charge in [-0.05, 0) is 55.5 Å². The number of rotatable bonds is 9. The second kappa shape index (κ2) is 10.5. The van der Waals surface area contributed by atoms with Crippen molar-refractivity contribution in [2.45, 2.75) is 61.7 Å². The standard InChI is InChI=1S/C30H37N3O5S/c1-18(2)22(17-34)33-25(27(36)32-20-10-12-21(38-4)13-11-20)30-15-14-29(3,39-30)23(24(30)28(33)37)26(35)31-16-19-8-6-5-7-9-19/h5-13,18,22-25,34H,14-17H2,1-4H3,(H,31,35)(H,32,36)/t22-,23+,24-,25?,29-,30?/m0/s1. The zero-order chi connectivity index (χ0) is 27.9. The third-order valence-electron chi connectivity index (χ3n) is 8.73. The molecule has 3 saturated heterocycles. The Labute approximate surface area is 233 Å². The lowest BCUT2D eigenvalue weighted by atomic mass is 9.66. The summed E-state index contributed by atoms with van der Waals surface area (Å²) in [5.74, 6) is -1.28. The molecule has 2 bridgehead atoms. The Morgan fingerprint density at radius 2 is 1.79 bits per heavy atom. The number of carbonyl (C=O) groups excluding carboxylic acids is 3. The number of likely N-dealkylation sites (tertiary alicyclic amines) is 1. The average molecular weight is 552 g/mol. The van der Waals surface area contributed by atoms with Gasteiger partial charge < -0.3 is 25.4 Å². The Bertz CT molecular complexity index is 1240. The van der Waals surface area contributed by atoms with Crippen LogP contribution in [0.25, 0.3) is 0 Å². The number of benzene rings is 2. The van der Waals surface area contributed by atoms with E-state index in [1.807, 2.05) is 44.2 Å². The summed E-state index contributed by atoms with van der Waals surface area (Å²) in [7, 11) is 1.58. The molecule has 3 heterocycles. The zero-order valence-corrected chi connectivity index (χ0v) is 23.7. The minimum atomic E-state index is -0.810. The summed E-state index contributed by atoms with van der Waals surface area (Å²) in [6.45, 7) is 6.05. The third-order valence-corrected chi connectivity index (χ3v) is 10.7. The maximum atomic E-state index is 14.3. The number of hydrogen-bond acceptors (Lipinski definition) is 6. The maximum absolute atomic E-state index is 14.3. The van der Waals surface area contributed by atoms with Crippen LogP contribution in [0.1, 0.15) is 39.2 Å². The highest BCUT2D eigenvalue weighted by Crippen LogP contribution is 2.71. The Kier molecular flexibility index (Phi) is 7.41. The van der Waals surface area contributed by atoms with Crippen molar-refractivity contribution in [3.63, 3.8) is 0 Å². The van der Waals surface area contributed by atoms with Crippen molar-refractivity contribution in [1.82, 2.24) is 10.2 Å². The molecule has 0 saturated carbocycles. The molecule has 39 heavy (non-hydrogen) atoms. The van der Waals surface area contributed by atoms with Crippen molar-refractivity contribution >= 4 is 35.2 Å². The number of hydrogen-bond donors (Lipinski definition) is 3. The molecule has 3 fully saturated rings. The van der Waals surface area contributed by atoms with Crippen molar-refractivity contribution < 1.29 is 24.2 Å². The smallest absolute Gasteiger partial charge is 0.248 e. The first-order valence-electron chi connectivity index (χ1n) is 13.5. The minimum Gasteiger partial charge on any atom is -0.497 e. The Balaban J connectivity index is 1.49. The highest BCUT2D eigenvalue weighted by molar-refractivity contribution is 8.02. The molecule has 208 valence electrons. The van der Waals surface area contributed by atoms with Gasteiger partial charge >= 0.3 is 0 Å². The van der Waals surface area contributed by atoms with Crippen LogP contribution in [0.15, 0.2) is 54.6 Å². The molecule has 3 aliphatic heterocycles. The summed E-state index contributed by atoms with van der Waals surface area (Å²) >= 11 is 1.62. The number of aliphatic hydroxyl groups excluding tert-OH is 1. The number of nitrogens with one attached hydrogen (secondary N) is 2. The number of aliphatic hydroxyl groups is 1. The van der Waals surface area contributed by atoms with Gasteiger partial charge in [-0.2, -0.15) is 0 Å². The number of anilines is 1. The quantitative estimate of drug-likeness (QED) is 0.441. The average Bonchev–Trinajstić information content (AvgIpc) is 3.49. The molecule has 6 atom stereocenters. The lowest BCUT2D eigenvalue weighted by molar-refractivity contribution is -0.143. The molecule has 2 unspecified atom stereocenters. The number of carbonyl (C=O) groups is 3. The van der Waals surface area contributed by atoms with Crippen molar-refractivity contribution in [1.29, 1.82) is 0 Å². The first kappa shape index (κ1) is 27.5. The SMILES string of the molecule is COc1ccc(NC(=O)C2N([C@@H](CO)C(C)C)C(=O)[C@@H]3[C@H](C(=O)NCc4ccccc4)[C@]4(C)CCC23S4)cc1. The molecule has 0 aromatic heterocycles. The fourth-order valence-electron chi connectivity index (χ4n) is 6.82. The maximum Gasteiger partial charge on any atom is 0.248 e. The van der Waals surface area contributed by atoms with Crippen molar-refractivity contribution in [2.75, 3.05) is 19.0 Å². The number of amides is 3. The van der Waals surface area contributed by atoms with Gasteiger partial charge in [-0.25, -0.2) is 0 Å². The molecule has 2 aromatic rings. The van der Waals surface area contributed by atoms with Gasteiger partial charge in [0.2, 0.25) is 17.7 Å². The number of fused-ring (bicyclic) bond motifs is 1. The largest absolute Gasteiger partial charge is 0.497 e. The first-order chi connectivity index (χ1) is 18.6. The fraction of sp³-hybridized carbons (Fsp3) is 0.500. The van der Waals surface area contributed by atoms with Crippen LogP contribution in [-0.4, -0.2) is 63.0 Å². The van der Waals surface area contributed by atoms with Gasteiger partial charge in [0.1, 0.15) is 11.8 Å². The predicted molar refractivity (Wildman–Crippen MR) is 151 cm³/mol. The second-order valence-electron chi connectivity index (χ2n) is 11.4. The molecule has 9 heteroatoms. The summed E-state index contributed by atoms with van der Waals surface area (Å²) < 4.78 is 4.02. The Morgan fingerprint density at radius 3 is 2.41 bits per heavy atom. The number of nitrogens with zero attached hydrogens (tertiary/aromatic N) is 1. The van der Waals surface area contributed by atoms with Crippen LogP contribution in [0.4, 0.5) is 5.69 Å². The van der Waals surface area contributed by atoms with E-state index in [0.29, 0.717) is 24.4 Å². The van der Waals surface area contributed by atoms with Crippen LogP contribution in [0.2, 0.25) is 0 Å². The molecular formula is C30H37N3O5S.